The zero-order valence-electron chi connectivity index (χ0n) is 2.62. The molecule has 0 amide bonds. The van der Waals surface area contributed by atoms with E-state index in [2.05, 4.69) is 0 Å². The smallest absolute Gasteiger partial charge is 0.450 e. The second kappa shape index (κ2) is 8.85. The van der Waals surface area contributed by atoms with Crippen LogP contribution in [0.4, 0.5) is 4.79 Å². The first-order valence-corrected chi connectivity index (χ1v) is 0.651. The van der Waals surface area contributed by atoms with E-state index < -0.39 is 6.16 Å². The first kappa shape index (κ1) is 16.9. The summed E-state index contributed by atoms with van der Waals surface area (Å²) in [5.74, 6) is 0. The second-order valence-corrected chi connectivity index (χ2v) is 0.283. The highest BCUT2D eigenvalue weighted by Crippen LogP contribution is 1.42. The van der Waals surface area contributed by atoms with Gasteiger partial charge in [0.25, 0.3) is 0 Å². The summed E-state index contributed by atoms with van der Waals surface area (Å²) in [6.45, 7) is 0. The zero-order valence-corrected chi connectivity index (χ0v) is 4.25. The van der Waals surface area contributed by atoms with Gasteiger partial charge in [0.1, 0.15) is 0 Å². The van der Waals surface area contributed by atoms with Crippen molar-refractivity contribution in [2.45, 2.75) is 0 Å². The Balaban J connectivity index is -0.0000000450. The van der Waals surface area contributed by atoms with Crippen molar-refractivity contribution >= 4 is 31.0 Å². The van der Waals surface area contributed by atoms with Crippen LogP contribution in [0.25, 0.3) is 0 Å². The van der Waals surface area contributed by atoms with E-state index in [1.807, 2.05) is 0 Å². The molecule has 0 fully saturated rings. The third-order valence-corrected chi connectivity index (χ3v) is 0. The lowest BCUT2D eigenvalue weighted by Gasteiger charge is -1.60. The molecule has 6 heavy (non-hydrogen) atoms. The van der Waals surface area contributed by atoms with Crippen molar-refractivity contribution < 1.29 is 15.0 Å². The van der Waals surface area contributed by atoms with Gasteiger partial charge >= 0.3 is 6.16 Å². The monoisotopic (exact) mass is 134 g/mol. The Morgan fingerprint density at radius 3 is 1.17 bits per heavy atom. The maximum Gasteiger partial charge on any atom is 0.503 e. The minimum atomic E-state index is -1.83. The number of carboxylic acid groups (broad SMARTS) is 2. The molecule has 0 saturated carbocycles. The van der Waals surface area contributed by atoms with E-state index in [4.69, 9.17) is 15.0 Å². The standard InChI is InChI=1S/CH2O3.2ClH/c2-1(3)4;;/h(H2,2,3,4);2*1H. The molecule has 2 N–H and O–H groups in total. The SMILES string of the molecule is Cl.Cl.O=C(O)O. The second-order valence-electron chi connectivity index (χ2n) is 0.283. The van der Waals surface area contributed by atoms with E-state index in [-0.39, 0.29) is 24.8 Å². The van der Waals surface area contributed by atoms with Gasteiger partial charge in [0.2, 0.25) is 0 Å². The Hall–Kier alpha value is -0.150. The molecule has 0 rings (SSSR count). The van der Waals surface area contributed by atoms with Crippen LogP contribution in [-0.2, 0) is 0 Å². The Kier molecular flexibility index (Phi) is 25.0. The fourth-order valence-electron chi connectivity index (χ4n) is 0. The summed E-state index contributed by atoms with van der Waals surface area (Å²) < 4.78 is 0. The quantitative estimate of drug-likeness (QED) is 0.522. The molecule has 5 heteroatoms. The van der Waals surface area contributed by atoms with Crippen molar-refractivity contribution in [2.24, 2.45) is 0 Å². The van der Waals surface area contributed by atoms with E-state index >= 15 is 0 Å². The first-order valence-electron chi connectivity index (χ1n) is 0.651. The van der Waals surface area contributed by atoms with Gasteiger partial charge in [-0.15, -0.1) is 24.8 Å². The largest absolute Gasteiger partial charge is 0.503 e. The van der Waals surface area contributed by atoms with E-state index in [1.165, 1.54) is 0 Å². The molecule has 0 radical (unpaired) electrons. The van der Waals surface area contributed by atoms with Crippen molar-refractivity contribution in [3.63, 3.8) is 0 Å². The van der Waals surface area contributed by atoms with Crippen LogP contribution >= 0.6 is 24.8 Å². The normalized spacial score (nSPS) is 4.00. The van der Waals surface area contributed by atoms with Crippen LogP contribution in [0.1, 0.15) is 0 Å². The number of hydrogen-bond acceptors (Lipinski definition) is 1. The van der Waals surface area contributed by atoms with Crippen LogP contribution in [0, 0.1) is 0 Å². The molecule has 0 bridgehead atoms. The predicted molar refractivity (Wildman–Crippen MR) is 25.1 cm³/mol. The fourth-order valence-corrected chi connectivity index (χ4v) is 0. The predicted octanol–water partition coefficient (Wildman–Crippen LogP) is 1.07. The van der Waals surface area contributed by atoms with Crippen LogP contribution in [0.5, 0.6) is 0 Å². The summed E-state index contributed by atoms with van der Waals surface area (Å²) in [6.07, 6.45) is -1.83. The molecule has 0 atom stereocenters. The van der Waals surface area contributed by atoms with Crippen molar-refractivity contribution in [2.75, 3.05) is 0 Å². The maximum absolute atomic E-state index is 8.56. The fraction of sp³-hybridized carbons (Fsp3) is 0. The third kappa shape index (κ3) is 1390. The molecule has 0 aromatic carbocycles. The van der Waals surface area contributed by atoms with Gasteiger partial charge in [0, 0.05) is 0 Å². The number of carbonyl (C=O) groups is 1. The average Bonchev–Trinajstić information content (AvgIpc) is 0.811. The lowest BCUT2D eigenvalue weighted by atomic mass is 11.5. The van der Waals surface area contributed by atoms with Crippen molar-refractivity contribution in [3.05, 3.63) is 0 Å². The van der Waals surface area contributed by atoms with Crippen LogP contribution < -0.4 is 0 Å². The van der Waals surface area contributed by atoms with Gasteiger partial charge in [-0.3, -0.25) is 0 Å². The van der Waals surface area contributed by atoms with Gasteiger partial charge < -0.3 is 10.2 Å². The third-order valence-electron chi connectivity index (χ3n) is 0. The molecule has 3 nitrogen and oxygen atoms in total. The molecule has 0 spiro atoms. The molecule has 0 aromatic rings. The average molecular weight is 135 g/mol. The number of hydrogen-bond donors (Lipinski definition) is 2. The Morgan fingerprint density at radius 1 is 1.17 bits per heavy atom. The molecule has 0 aliphatic rings. The molecule has 0 aliphatic heterocycles. The molecular weight excluding hydrogens is 131 g/mol. The summed E-state index contributed by atoms with van der Waals surface area (Å²) in [4.78, 5) is 8.56. The van der Waals surface area contributed by atoms with Gasteiger partial charge in [-0.05, 0) is 0 Å². The molecule has 0 unspecified atom stereocenters. The highest BCUT2D eigenvalue weighted by Gasteiger charge is 1.70. The molecule has 0 aliphatic carbocycles. The van der Waals surface area contributed by atoms with E-state index in [1.54, 1.807) is 0 Å². The number of rotatable bonds is 0. The van der Waals surface area contributed by atoms with Crippen molar-refractivity contribution in [1.82, 2.24) is 0 Å². The summed E-state index contributed by atoms with van der Waals surface area (Å²) >= 11 is 0. The van der Waals surface area contributed by atoms with Gasteiger partial charge in [-0.1, -0.05) is 0 Å². The lowest BCUT2D eigenvalue weighted by molar-refractivity contribution is 0.137. The summed E-state index contributed by atoms with van der Waals surface area (Å²) in [5.41, 5.74) is 0. The van der Waals surface area contributed by atoms with Crippen LogP contribution in [-0.4, -0.2) is 16.4 Å². The van der Waals surface area contributed by atoms with Gasteiger partial charge in [0.15, 0.2) is 0 Å². The van der Waals surface area contributed by atoms with E-state index in [0.29, 0.717) is 0 Å². The summed E-state index contributed by atoms with van der Waals surface area (Å²) in [5, 5.41) is 13.9. The molecule has 0 heterocycles. The highest BCUT2D eigenvalue weighted by molar-refractivity contribution is 5.85. The molecule has 0 aromatic heterocycles. The minimum absolute atomic E-state index is 0. The maximum atomic E-state index is 8.56. The first-order chi connectivity index (χ1) is 1.73. The molecular formula is CH4Cl2O3. The van der Waals surface area contributed by atoms with Crippen LogP contribution in [0.15, 0.2) is 0 Å². The molecule has 40 valence electrons. The lowest BCUT2D eigenvalue weighted by Crippen LogP contribution is -1.81. The van der Waals surface area contributed by atoms with Gasteiger partial charge in [0.05, 0.1) is 0 Å². The summed E-state index contributed by atoms with van der Waals surface area (Å²) in [7, 11) is 0. The zero-order chi connectivity index (χ0) is 3.58. The van der Waals surface area contributed by atoms with Crippen LogP contribution in [0.3, 0.4) is 0 Å². The van der Waals surface area contributed by atoms with Crippen molar-refractivity contribution in [1.29, 1.82) is 0 Å². The van der Waals surface area contributed by atoms with Gasteiger partial charge in [-0.25, -0.2) is 4.79 Å². The Bertz CT molecular complexity index is 31.8. The Morgan fingerprint density at radius 2 is 1.17 bits per heavy atom. The minimum Gasteiger partial charge on any atom is -0.450 e. The van der Waals surface area contributed by atoms with Gasteiger partial charge in [-0.2, -0.15) is 0 Å². The molecule has 0 saturated heterocycles. The highest BCUT2D eigenvalue weighted by atomic mass is 35.5. The van der Waals surface area contributed by atoms with Crippen LogP contribution in [0.2, 0.25) is 0 Å². The Labute approximate surface area is 46.8 Å². The van der Waals surface area contributed by atoms with Crippen molar-refractivity contribution in [3.8, 4) is 0 Å². The number of halogens is 2. The van der Waals surface area contributed by atoms with E-state index in [9.17, 15) is 0 Å². The summed E-state index contributed by atoms with van der Waals surface area (Å²) in [6, 6.07) is 0. The topological polar surface area (TPSA) is 57.5 Å². The van der Waals surface area contributed by atoms with E-state index in [0.717, 1.165) is 0 Å².